The van der Waals surface area contributed by atoms with E-state index in [-0.39, 0.29) is 6.10 Å². The predicted octanol–water partition coefficient (Wildman–Crippen LogP) is 2.72. The maximum Gasteiger partial charge on any atom is 0.132 e. The predicted molar refractivity (Wildman–Crippen MR) is 65.9 cm³/mol. The highest BCUT2D eigenvalue weighted by atomic mass is 16.5. The average molecular weight is 211 g/mol. The summed E-state index contributed by atoms with van der Waals surface area (Å²) in [7, 11) is 0. The summed E-state index contributed by atoms with van der Waals surface area (Å²) in [6.45, 7) is 4.27. The number of rotatable bonds is 2. The van der Waals surface area contributed by atoms with Crippen molar-refractivity contribution in [3.8, 4) is 5.75 Å². The molecule has 0 amide bonds. The summed E-state index contributed by atoms with van der Waals surface area (Å²) in [5.41, 5.74) is 2.48. The first-order chi connectivity index (χ1) is 7.90. The topological polar surface area (TPSA) is 21.6 Å². The molecule has 1 aromatic carbocycles. The third-order valence-electron chi connectivity index (χ3n) is 3.12. The van der Waals surface area contributed by atoms with E-state index in [0.29, 0.717) is 12.5 Å². The minimum Gasteiger partial charge on any atom is -0.484 e. The van der Waals surface area contributed by atoms with Gasteiger partial charge in [-0.3, -0.25) is 0 Å². The standard InChI is InChI=1S/C14H13NO/c1-15-9-10-5-4-7-12-11-6-2-3-8-13(11)16-14(10)12/h2-8,10,14H,1,9H2. The maximum atomic E-state index is 5.97. The van der Waals surface area contributed by atoms with Gasteiger partial charge in [0, 0.05) is 23.6 Å². The van der Waals surface area contributed by atoms with Gasteiger partial charge in [-0.05, 0) is 12.8 Å². The molecule has 0 aromatic heterocycles. The molecule has 0 saturated carbocycles. The van der Waals surface area contributed by atoms with Gasteiger partial charge in [0.15, 0.2) is 0 Å². The summed E-state index contributed by atoms with van der Waals surface area (Å²) in [5, 5.41) is 0. The van der Waals surface area contributed by atoms with Crippen LogP contribution in [0.4, 0.5) is 0 Å². The van der Waals surface area contributed by atoms with Crippen molar-refractivity contribution in [2.75, 3.05) is 6.54 Å². The summed E-state index contributed by atoms with van der Waals surface area (Å²) in [4.78, 5) is 3.97. The SMILES string of the molecule is C=NCC1C=CC=C2c3ccccc3OC21. The summed E-state index contributed by atoms with van der Waals surface area (Å²) in [6, 6.07) is 8.18. The van der Waals surface area contributed by atoms with E-state index < -0.39 is 0 Å². The lowest BCUT2D eigenvalue weighted by molar-refractivity contribution is 0.230. The Hall–Kier alpha value is -1.83. The first kappa shape index (κ1) is 9.40. The molecule has 1 heterocycles. The van der Waals surface area contributed by atoms with Crippen molar-refractivity contribution in [1.82, 2.24) is 0 Å². The van der Waals surface area contributed by atoms with Crippen LogP contribution >= 0.6 is 0 Å². The van der Waals surface area contributed by atoms with E-state index in [1.165, 1.54) is 11.1 Å². The Morgan fingerprint density at radius 2 is 2.19 bits per heavy atom. The molecule has 0 bridgehead atoms. The minimum absolute atomic E-state index is 0.118. The van der Waals surface area contributed by atoms with Crippen molar-refractivity contribution in [2.24, 2.45) is 10.9 Å². The molecule has 0 spiro atoms. The van der Waals surface area contributed by atoms with Crippen LogP contribution in [-0.2, 0) is 0 Å². The molecule has 3 rings (SSSR count). The molecule has 1 aliphatic heterocycles. The monoisotopic (exact) mass is 211 g/mol. The number of aliphatic imine (C=N–C) groups is 1. The Morgan fingerprint density at radius 3 is 3.06 bits per heavy atom. The molecule has 2 nitrogen and oxygen atoms in total. The fourth-order valence-corrected chi connectivity index (χ4v) is 2.37. The number of para-hydroxylation sites is 1. The lowest BCUT2D eigenvalue weighted by atomic mass is 9.89. The number of ether oxygens (including phenoxy) is 1. The lowest BCUT2D eigenvalue weighted by Gasteiger charge is -2.22. The molecule has 0 radical (unpaired) electrons. The van der Waals surface area contributed by atoms with Gasteiger partial charge in [-0.25, -0.2) is 0 Å². The quantitative estimate of drug-likeness (QED) is 0.689. The van der Waals surface area contributed by atoms with Crippen LogP contribution in [0.15, 0.2) is 47.5 Å². The summed E-state index contributed by atoms with van der Waals surface area (Å²) in [5.74, 6) is 1.29. The van der Waals surface area contributed by atoms with E-state index in [9.17, 15) is 0 Å². The highest BCUT2D eigenvalue weighted by molar-refractivity contribution is 5.79. The van der Waals surface area contributed by atoms with Crippen molar-refractivity contribution in [3.05, 3.63) is 48.1 Å². The fraction of sp³-hybridized carbons (Fsp3) is 0.214. The molecule has 16 heavy (non-hydrogen) atoms. The molecule has 0 N–H and O–H groups in total. The molecule has 2 unspecified atom stereocenters. The highest BCUT2D eigenvalue weighted by Gasteiger charge is 2.34. The van der Waals surface area contributed by atoms with E-state index in [1.807, 2.05) is 18.2 Å². The van der Waals surface area contributed by atoms with Crippen LogP contribution < -0.4 is 4.74 Å². The van der Waals surface area contributed by atoms with Gasteiger partial charge < -0.3 is 9.73 Å². The minimum atomic E-state index is 0.118. The van der Waals surface area contributed by atoms with Crippen LogP contribution in [0.5, 0.6) is 5.75 Å². The zero-order chi connectivity index (χ0) is 11.0. The molecule has 2 atom stereocenters. The number of fused-ring (bicyclic) bond motifs is 3. The van der Waals surface area contributed by atoms with Crippen molar-refractivity contribution < 1.29 is 4.74 Å². The summed E-state index contributed by atoms with van der Waals surface area (Å²) in [6.07, 6.45) is 6.49. The van der Waals surface area contributed by atoms with Crippen LogP contribution in [0, 0.1) is 5.92 Å². The van der Waals surface area contributed by atoms with Crippen molar-refractivity contribution in [2.45, 2.75) is 6.10 Å². The van der Waals surface area contributed by atoms with Gasteiger partial charge in [-0.1, -0.05) is 36.4 Å². The van der Waals surface area contributed by atoms with E-state index in [0.717, 1.165) is 5.75 Å². The number of allylic oxidation sites excluding steroid dienone is 2. The van der Waals surface area contributed by atoms with Gasteiger partial charge in [0.1, 0.15) is 11.9 Å². The normalized spacial score (nSPS) is 25.4. The second kappa shape index (κ2) is 3.63. The number of hydrogen-bond donors (Lipinski definition) is 0. The Balaban J connectivity index is 2.01. The third kappa shape index (κ3) is 1.30. The van der Waals surface area contributed by atoms with Crippen LogP contribution in [0.2, 0.25) is 0 Å². The van der Waals surface area contributed by atoms with Gasteiger partial charge in [-0.15, -0.1) is 0 Å². The number of nitrogens with zero attached hydrogens (tertiary/aromatic N) is 1. The van der Waals surface area contributed by atoms with E-state index in [4.69, 9.17) is 4.74 Å². The van der Waals surface area contributed by atoms with Crippen LogP contribution in [0.3, 0.4) is 0 Å². The zero-order valence-electron chi connectivity index (χ0n) is 8.97. The van der Waals surface area contributed by atoms with E-state index >= 15 is 0 Å². The van der Waals surface area contributed by atoms with Gasteiger partial charge in [0.25, 0.3) is 0 Å². The molecular formula is C14H13NO. The first-order valence-electron chi connectivity index (χ1n) is 5.47. The summed E-state index contributed by atoms with van der Waals surface area (Å²) >= 11 is 0. The third-order valence-corrected chi connectivity index (χ3v) is 3.12. The summed E-state index contributed by atoms with van der Waals surface area (Å²) < 4.78 is 5.97. The zero-order valence-corrected chi connectivity index (χ0v) is 8.97. The first-order valence-corrected chi connectivity index (χ1v) is 5.47. The van der Waals surface area contributed by atoms with E-state index in [2.05, 4.69) is 36.0 Å². The molecule has 0 fully saturated rings. The van der Waals surface area contributed by atoms with Gasteiger partial charge in [0.05, 0.1) is 0 Å². The Kier molecular flexibility index (Phi) is 2.13. The molecule has 1 aromatic rings. The lowest BCUT2D eigenvalue weighted by Crippen LogP contribution is -2.26. The van der Waals surface area contributed by atoms with Gasteiger partial charge in [0.2, 0.25) is 0 Å². The molecule has 2 heteroatoms. The van der Waals surface area contributed by atoms with Gasteiger partial charge in [-0.2, -0.15) is 0 Å². The van der Waals surface area contributed by atoms with Crippen molar-refractivity contribution in [3.63, 3.8) is 0 Å². The molecule has 80 valence electrons. The highest BCUT2D eigenvalue weighted by Crippen LogP contribution is 2.42. The van der Waals surface area contributed by atoms with Crippen LogP contribution in [0.1, 0.15) is 5.56 Å². The van der Waals surface area contributed by atoms with E-state index in [1.54, 1.807) is 0 Å². The molecule has 0 saturated heterocycles. The Bertz CT molecular complexity index is 487. The molecule has 2 aliphatic rings. The molecular weight excluding hydrogens is 198 g/mol. The van der Waals surface area contributed by atoms with Crippen LogP contribution in [-0.4, -0.2) is 19.4 Å². The van der Waals surface area contributed by atoms with Crippen molar-refractivity contribution in [1.29, 1.82) is 0 Å². The van der Waals surface area contributed by atoms with Crippen molar-refractivity contribution >= 4 is 12.3 Å². The Labute approximate surface area is 95.0 Å². The number of benzene rings is 1. The Morgan fingerprint density at radius 1 is 1.31 bits per heavy atom. The number of hydrogen-bond acceptors (Lipinski definition) is 2. The second-order valence-electron chi connectivity index (χ2n) is 4.11. The average Bonchev–Trinajstić information content (AvgIpc) is 2.69. The maximum absolute atomic E-state index is 5.97. The largest absolute Gasteiger partial charge is 0.484 e. The molecule has 1 aliphatic carbocycles. The van der Waals surface area contributed by atoms with Gasteiger partial charge >= 0.3 is 0 Å². The smallest absolute Gasteiger partial charge is 0.132 e. The fourth-order valence-electron chi connectivity index (χ4n) is 2.37. The van der Waals surface area contributed by atoms with Crippen LogP contribution in [0.25, 0.3) is 5.57 Å². The second-order valence-corrected chi connectivity index (χ2v) is 4.11.